The van der Waals surface area contributed by atoms with E-state index < -0.39 is 17.8 Å². The zero-order valence-corrected chi connectivity index (χ0v) is 13.8. The fraction of sp³-hybridized carbons (Fsp3) is 0.353. The molecule has 120 valence electrons. The number of amides is 1. The molecule has 1 heterocycles. The molecule has 2 aromatic rings. The number of benzene rings is 1. The number of para-hydroxylation sites is 1. The van der Waals surface area contributed by atoms with Gasteiger partial charge in [0.25, 0.3) is 0 Å². The average molecular weight is 330 g/mol. The summed E-state index contributed by atoms with van der Waals surface area (Å²) in [7, 11) is 0. The molecule has 0 saturated heterocycles. The summed E-state index contributed by atoms with van der Waals surface area (Å²) in [6.07, 6.45) is 2.79. The van der Waals surface area contributed by atoms with Gasteiger partial charge < -0.3 is 10.4 Å². The number of rotatable bonds is 3. The summed E-state index contributed by atoms with van der Waals surface area (Å²) in [4.78, 5) is 28.4. The maximum Gasteiger partial charge on any atom is 0.307 e. The van der Waals surface area contributed by atoms with Crippen LogP contribution in [0, 0.1) is 18.8 Å². The highest BCUT2D eigenvalue weighted by Crippen LogP contribution is 2.33. The van der Waals surface area contributed by atoms with Crippen LogP contribution in [0.15, 0.2) is 29.8 Å². The Labute approximate surface area is 138 Å². The number of carbonyl (C=O) groups excluding carboxylic acids is 1. The van der Waals surface area contributed by atoms with Crippen LogP contribution in [0.4, 0.5) is 5.13 Å². The van der Waals surface area contributed by atoms with E-state index in [1.54, 1.807) is 0 Å². The maximum atomic E-state index is 12.6. The Morgan fingerprint density at radius 3 is 2.78 bits per heavy atom. The van der Waals surface area contributed by atoms with Gasteiger partial charge in [0.1, 0.15) is 0 Å². The van der Waals surface area contributed by atoms with Gasteiger partial charge in [-0.1, -0.05) is 35.1 Å². The number of carbonyl (C=O) groups is 2. The number of aryl methyl sites for hydroxylation is 1. The summed E-state index contributed by atoms with van der Waals surface area (Å²) in [6, 6.07) is 5.89. The molecule has 3 rings (SSSR count). The Hall–Kier alpha value is -2.21. The monoisotopic (exact) mass is 330 g/mol. The highest BCUT2D eigenvalue weighted by molar-refractivity contribution is 7.22. The molecule has 0 aliphatic heterocycles. The number of thiazole rings is 1. The second kappa shape index (κ2) is 6.12. The molecule has 2 N–H and O–H groups in total. The van der Waals surface area contributed by atoms with Gasteiger partial charge in [-0.05, 0) is 38.3 Å². The van der Waals surface area contributed by atoms with Gasteiger partial charge in [0.05, 0.1) is 22.1 Å². The first-order valence-corrected chi connectivity index (χ1v) is 8.33. The van der Waals surface area contributed by atoms with E-state index in [2.05, 4.69) is 10.3 Å². The fourth-order valence-electron chi connectivity index (χ4n) is 2.95. The summed E-state index contributed by atoms with van der Waals surface area (Å²) >= 11 is 1.41. The third-order valence-electron chi connectivity index (χ3n) is 4.25. The van der Waals surface area contributed by atoms with E-state index in [9.17, 15) is 14.7 Å². The topological polar surface area (TPSA) is 79.3 Å². The lowest BCUT2D eigenvalue weighted by molar-refractivity contribution is -0.146. The van der Waals surface area contributed by atoms with E-state index >= 15 is 0 Å². The van der Waals surface area contributed by atoms with Crippen molar-refractivity contribution in [2.75, 3.05) is 5.32 Å². The molecule has 0 unspecified atom stereocenters. The van der Waals surface area contributed by atoms with Crippen LogP contribution in [0.5, 0.6) is 0 Å². The average Bonchev–Trinajstić information content (AvgIpc) is 2.90. The van der Waals surface area contributed by atoms with Gasteiger partial charge in [0.15, 0.2) is 5.13 Å². The van der Waals surface area contributed by atoms with Crippen molar-refractivity contribution in [1.82, 2.24) is 4.98 Å². The van der Waals surface area contributed by atoms with Crippen molar-refractivity contribution < 1.29 is 14.7 Å². The van der Waals surface area contributed by atoms with Crippen LogP contribution in [0.3, 0.4) is 0 Å². The van der Waals surface area contributed by atoms with Crippen molar-refractivity contribution in [3.05, 3.63) is 35.4 Å². The number of anilines is 1. The number of nitrogens with one attached hydrogen (secondary N) is 1. The molecular weight excluding hydrogens is 312 g/mol. The van der Waals surface area contributed by atoms with Crippen molar-refractivity contribution in [1.29, 1.82) is 0 Å². The highest BCUT2D eigenvalue weighted by Gasteiger charge is 2.35. The van der Waals surface area contributed by atoms with E-state index in [0.717, 1.165) is 21.4 Å². The molecule has 1 aliphatic carbocycles. The summed E-state index contributed by atoms with van der Waals surface area (Å²) in [5.41, 5.74) is 2.99. The van der Waals surface area contributed by atoms with Crippen LogP contribution in [0.1, 0.15) is 25.3 Å². The summed E-state index contributed by atoms with van der Waals surface area (Å²) in [6.45, 7) is 3.91. The number of carboxylic acid groups (broad SMARTS) is 1. The quantitative estimate of drug-likeness (QED) is 0.843. The predicted octanol–water partition coefficient (Wildman–Crippen LogP) is 3.60. The first-order chi connectivity index (χ1) is 11.0. The van der Waals surface area contributed by atoms with Crippen molar-refractivity contribution in [2.24, 2.45) is 11.8 Å². The second-order valence-corrected chi connectivity index (χ2v) is 7.00. The van der Waals surface area contributed by atoms with Gasteiger partial charge in [-0.3, -0.25) is 9.59 Å². The van der Waals surface area contributed by atoms with Crippen LogP contribution in [0.25, 0.3) is 10.2 Å². The van der Waals surface area contributed by atoms with Crippen molar-refractivity contribution in [3.63, 3.8) is 0 Å². The molecule has 1 aromatic carbocycles. The number of carboxylic acids is 1. The number of hydrogen-bond donors (Lipinski definition) is 2. The Morgan fingerprint density at radius 2 is 2.09 bits per heavy atom. The van der Waals surface area contributed by atoms with Crippen molar-refractivity contribution in [2.45, 2.75) is 26.7 Å². The molecule has 2 atom stereocenters. The SMILES string of the molecule is CC1=CC[C@H](C(=O)O)[C@@H](C(=O)Nc2nc3c(C)cccc3s2)C1. The highest BCUT2D eigenvalue weighted by atomic mass is 32.1. The molecule has 1 amide bonds. The van der Waals surface area contributed by atoms with Gasteiger partial charge in [0.2, 0.25) is 5.91 Å². The minimum absolute atomic E-state index is 0.262. The molecule has 1 aromatic heterocycles. The Bertz CT molecular complexity index is 809. The molecule has 6 heteroatoms. The van der Waals surface area contributed by atoms with E-state index in [0.29, 0.717) is 18.0 Å². The summed E-state index contributed by atoms with van der Waals surface area (Å²) < 4.78 is 1.01. The number of hydrogen-bond acceptors (Lipinski definition) is 4. The predicted molar refractivity (Wildman–Crippen MR) is 90.6 cm³/mol. The molecule has 0 radical (unpaired) electrons. The van der Waals surface area contributed by atoms with Crippen LogP contribution in [0.2, 0.25) is 0 Å². The Balaban J connectivity index is 1.83. The van der Waals surface area contributed by atoms with Crippen LogP contribution < -0.4 is 5.32 Å². The lowest BCUT2D eigenvalue weighted by atomic mass is 9.79. The lowest BCUT2D eigenvalue weighted by Gasteiger charge is -2.26. The van der Waals surface area contributed by atoms with Gasteiger partial charge in [-0.25, -0.2) is 4.98 Å². The number of aliphatic carboxylic acids is 1. The third-order valence-corrected chi connectivity index (χ3v) is 5.19. The lowest BCUT2D eigenvalue weighted by Crippen LogP contribution is -2.35. The van der Waals surface area contributed by atoms with Gasteiger partial charge in [-0.15, -0.1) is 0 Å². The van der Waals surface area contributed by atoms with E-state index in [1.807, 2.05) is 38.1 Å². The normalized spacial score (nSPS) is 21.0. The van der Waals surface area contributed by atoms with Gasteiger partial charge >= 0.3 is 5.97 Å². The zero-order valence-electron chi connectivity index (χ0n) is 13.0. The first-order valence-electron chi connectivity index (χ1n) is 7.51. The Morgan fingerprint density at radius 1 is 1.30 bits per heavy atom. The standard InChI is InChI=1S/C17H18N2O3S/c1-9-6-7-11(16(21)22)12(8-9)15(20)19-17-18-14-10(2)4-3-5-13(14)23-17/h3-6,11-12H,7-8H2,1-2H3,(H,21,22)(H,18,19,20)/t11-,12-/m0/s1. The molecule has 1 aliphatic rings. The zero-order chi connectivity index (χ0) is 16.6. The first kappa shape index (κ1) is 15.7. The molecule has 0 bridgehead atoms. The van der Waals surface area contributed by atoms with E-state index in [-0.39, 0.29) is 5.91 Å². The largest absolute Gasteiger partial charge is 0.481 e. The molecule has 0 spiro atoms. The third kappa shape index (κ3) is 3.12. The van der Waals surface area contributed by atoms with Gasteiger partial charge in [0, 0.05) is 0 Å². The fourth-order valence-corrected chi connectivity index (χ4v) is 3.90. The molecular formula is C17H18N2O3S. The minimum atomic E-state index is -0.922. The molecule has 0 fully saturated rings. The number of nitrogens with zero attached hydrogens (tertiary/aromatic N) is 1. The Kier molecular flexibility index (Phi) is 4.17. The summed E-state index contributed by atoms with van der Waals surface area (Å²) in [5.74, 6) is -2.41. The molecule has 0 saturated carbocycles. The van der Waals surface area contributed by atoms with Crippen molar-refractivity contribution >= 4 is 38.6 Å². The molecule has 5 nitrogen and oxygen atoms in total. The molecule has 23 heavy (non-hydrogen) atoms. The van der Waals surface area contributed by atoms with Crippen LogP contribution >= 0.6 is 11.3 Å². The van der Waals surface area contributed by atoms with E-state index in [4.69, 9.17) is 0 Å². The van der Waals surface area contributed by atoms with Crippen LogP contribution in [-0.4, -0.2) is 22.0 Å². The minimum Gasteiger partial charge on any atom is -0.481 e. The van der Waals surface area contributed by atoms with E-state index in [1.165, 1.54) is 11.3 Å². The van der Waals surface area contributed by atoms with Crippen LogP contribution in [-0.2, 0) is 9.59 Å². The summed E-state index contributed by atoms with van der Waals surface area (Å²) in [5, 5.41) is 12.7. The number of fused-ring (bicyclic) bond motifs is 1. The number of allylic oxidation sites excluding steroid dienone is 2. The second-order valence-electron chi connectivity index (χ2n) is 5.97. The van der Waals surface area contributed by atoms with Crippen molar-refractivity contribution in [3.8, 4) is 0 Å². The smallest absolute Gasteiger partial charge is 0.307 e. The maximum absolute atomic E-state index is 12.6. The van der Waals surface area contributed by atoms with Gasteiger partial charge in [-0.2, -0.15) is 0 Å². The number of aromatic nitrogens is 1.